The Kier molecular flexibility index (Phi) is 6.22. The Morgan fingerprint density at radius 3 is 2.56 bits per heavy atom. The van der Waals surface area contributed by atoms with Gasteiger partial charge in [-0.25, -0.2) is 13.6 Å². The molecule has 0 heterocycles. The predicted octanol–water partition coefficient (Wildman–Crippen LogP) is 3.86. The van der Waals surface area contributed by atoms with Gasteiger partial charge in [0.2, 0.25) is 5.91 Å². The van der Waals surface area contributed by atoms with E-state index in [4.69, 9.17) is 5.11 Å². The minimum Gasteiger partial charge on any atom is -0.478 e. The van der Waals surface area contributed by atoms with Crippen molar-refractivity contribution in [2.75, 3.05) is 0 Å². The molecule has 0 aliphatic carbocycles. The summed E-state index contributed by atoms with van der Waals surface area (Å²) in [6, 6.07) is 8.94. The molecule has 0 bridgehead atoms. The normalized spacial score (nSPS) is 11.8. The van der Waals surface area contributed by atoms with E-state index >= 15 is 0 Å². The minimum atomic E-state index is -1.05. The molecule has 0 aliphatic rings. The summed E-state index contributed by atoms with van der Waals surface area (Å²) in [4.78, 5) is 23.3. The molecular weight excluding hydrogens is 328 g/mol. The summed E-state index contributed by atoms with van der Waals surface area (Å²) in [6.45, 7) is 1.76. The van der Waals surface area contributed by atoms with Crippen molar-refractivity contribution in [2.45, 2.75) is 32.2 Å². The van der Waals surface area contributed by atoms with E-state index in [2.05, 4.69) is 5.32 Å². The number of aromatic carboxylic acids is 1. The number of rotatable bonds is 7. The molecule has 0 spiro atoms. The Balaban J connectivity index is 2.04. The van der Waals surface area contributed by atoms with E-state index in [9.17, 15) is 18.4 Å². The number of hydrogen-bond donors (Lipinski definition) is 2. The van der Waals surface area contributed by atoms with Crippen LogP contribution in [0.5, 0.6) is 0 Å². The molecule has 0 radical (unpaired) electrons. The Morgan fingerprint density at radius 1 is 1.16 bits per heavy atom. The number of carbonyl (C=O) groups excluding carboxylic acids is 1. The zero-order chi connectivity index (χ0) is 18.4. The highest BCUT2D eigenvalue weighted by molar-refractivity contribution is 5.89. The summed E-state index contributed by atoms with van der Waals surface area (Å²) < 4.78 is 27.2. The van der Waals surface area contributed by atoms with Crippen LogP contribution in [0.15, 0.2) is 42.5 Å². The van der Waals surface area contributed by atoms with Crippen molar-refractivity contribution in [3.8, 4) is 0 Å². The maximum absolute atomic E-state index is 13.9. The molecule has 0 saturated carbocycles. The van der Waals surface area contributed by atoms with Gasteiger partial charge in [0.25, 0.3) is 0 Å². The summed E-state index contributed by atoms with van der Waals surface area (Å²) in [6.07, 6.45) is 0.700. The third-order valence-electron chi connectivity index (χ3n) is 3.95. The van der Waals surface area contributed by atoms with Crippen LogP contribution in [0.25, 0.3) is 0 Å². The van der Waals surface area contributed by atoms with Gasteiger partial charge in [0.05, 0.1) is 11.6 Å². The molecule has 1 atom stereocenters. The van der Waals surface area contributed by atoms with E-state index in [1.165, 1.54) is 6.07 Å². The number of amides is 1. The second-order valence-electron chi connectivity index (χ2n) is 5.66. The smallest absolute Gasteiger partial charge is 0.335 e. The minimum absolute atomic E-state index is 0.0533. The van der Waals surface area contributed by atoms with Crippen molar-refractivity contribution in [1.29, 1.82) is 0 Å². The van der Waals surface area contributed by atoms with Crippen LogP contribution >= 0.6 is 0 Å². The number of halogens is 2. The average molecular weight is 347 g/mol. The fraction of sp³-hybridized carbons (Fsp3) is 0.263. The van der Waals surface area contributed by atoms with Gasteiger partial charge >= 0.3 is 5.97 Å². The molecule has 6 heteroatoms. The van der Waals surface area contributed by atoms with E-state index < -0.39 is 23.6 Å². The number of hydrogen-bond acceptors (Lipinski definition) is 2. The summed E-state index contributed by atoms with van der Waals surface area (Å²) >= 11 is 0. The number of nitrogens with one attached hydrogen (secondary N) is 1. The lowest BCUT2D eigenvalue weighted by molar-refractivity contribution is -0.121. The van der Waals surface area contributed by atoms with Crippen molar-refractivity contribution in [2.24, 2.45) is 0 Å². The maximum Gasteiger partial charge on any atom is 0.335 e. The number of carboxylic acid groups (broad SMARTS) is 1. The Bertz CT molecular complexity index is 777. The van der Waals surface area contributed by atoms with Crippen molar-refractivity contribution >= 4 is 11.9 Å². The second kappa shape index (κ2) is 8.37. The Hall–Kier alpha value is -2.76. The fourth-order valence-corrected chi connectivity index (χ4v) is 2.64. The Labute approximate surface area is 144 Å². The first-order chi connectivity index (χ1) is 11.9. The fourth-order valence-electron chi connectivity index (χ4n) is 2.64. The molecule has 4 nitrogen and oxygen atoms in total. The molecule has 25 heavy (non-hydrogen) atoms. The lowest BCUT2D eigenvalue weighted by Gasteiger charge is -2.18. The van der Waals surface area contributed by atoms with Gasteiger partial charge in [-0.3, -0.25) is 4.79 Å². The zero-order valence-corrected chi connectivity index (χ0v) is 13.8. The molecule has 2 rings (SSSR count). The first kappa shape index (κ1) is 18.6. The molecule has 0 aliphatic heterocycles. The number of carbonyl (C=O) groups is 2. The van der Waals surface area contributed by atoms with Gasteiger partial charge in [0, 0.05) is 12.0 Å². The van der Waals surface area contributed by atoms with Crippen LogP contribution in [-0.2, 0) is 11.2 Å². The van der Waals surface area contributed by atoms with Crippen LogP contribution in [0.2, 0.25) is 0 Å². The van der Waals surface area contributed by atoms with Crippen molar-refractivity contribution in [1.82, 2.24) is 5.32 Å². The van der Waals surface area contributed by atoms with Crippen molar-refractivity contribution in [3.63, 3.8) is 0 Å². The first-order valence-electron chi connectivity index (χ1n) is 7.98. The zero-order valence-electron chi connectivity index (χ0n) is 13.8. The summed E-state index contributed by atoms with van der Waals surface area (Å²) in [5, 5.41) is 11.8. The molecular formula is C19H19F2NO3. The average Bonchev–Trinajstić information content (AvgIpc) is 2.60. The van der Waals surface area contributed by atoms with E-state index in [1.54, 1.807) is 25.1 Å². The highest BCUT2D eigenvalue weighted by Crippen LogP contribution is 2.21. The molecule has 132 valence electrons. The van der Waals surface area contributed by atoms with Crippen LogP contribution in [0.1, 0.15) is 47.3 Å². The molecule has 2 aromatic carbocycles. The topological polar surface area (TPSA) is 66.4 Å². The van der Waals surface area contributed by atoms with Gasteiger partial charge in [-0.2, -0.15) is 0 Å². The molecule has 2 N–H and O–H groups in total. The van der Waals surface area contributed by atoms with Gasteiger partial charge in [-0.05, 0) is 42.7 Å². The first-order valence-corrected chi connectivity index (χ1v) is 7.98. The summed E-state index contributed by atoms with van der Waals surface area (Å²) in [5.41, 5.74) is 0.801. The molecule has 0 saturated heterocycles. The molecule has 0 aromatic heterocycles. The maximum atomic E-state index is 13.9. The van der Waals surface area contributed by atoms with E-state index in [0.717, 1.165) is 18.2 Å². The van der Waals surface area contributed by atoms with E-state index in [1.807, 2.05) is 0 Å². The third-order valence-corrected chi connectivity index (χ3v) is 3.95. The number of benzene rings is 2. The van der Waals surface area contributed by atoms with Crippen LogP contribution in [-0.4, -0.2) is 17.0 Å². The molecule has 1 unspecified atom stereocenters. The van der Waals surface area contributed by atoms with Crippen LogP contribution in [0.4, 0.5) is 8.78 Å². The predicted molar refractivity (Wildman–Crippen MR) is 89.3 cm³/mol. The van der Waals surface area contributed by atoms with Crippen molar-refractivity contribution < 1.29 is 23.5 Å². The highest BCUT2D eigenvalue weighted by Gasteiger charge is 2.18. The van der Waals surface area contributed by atoms with Crippen LogP contribution in [0.3, 0.4) is 0 Å². The quantitative estimate of drug-likeness (QED) is 0.799. The second-order valence-corrected chi connectivity index (χ2v) is 5.66. The summed E-state index contributed by atoms with van der Waals surface area (Å²) in [5.74, 6) is -2.55. The molecule has 0 fully saturated rings. The lowest BCUT2D eigenvalue weighted by atomic mass is 10.0. The molecule has 2 aromatic rings. The van der Waals surface area contributed by atoms with Crippen LogP contribution < -0.4 is 5.32 Å². The highest BCUT2D eigenvalue weighted by atomic mass is 19.1. The monoisotopic (exact) mass is 347 g/mol. The summed E-state index contributed by atoms with van der Waals surface area (Å²) in [7, 11) is 0. The number of aryl methyl sites for hydroxylation is 1. The van der Waals surface area contributed by atoms with Gasteiger partial charge in [0.15, 0.2) is 0 Å². The van der Waals surface area contributed by atoms with E-state index in [-0.39, 0.29) is 29.9 Å². The van der Waals surface area contributed by atoms with Crippen LogP contribution in [0, 0.1) is 11.6 Å². The van der Waals surface area contributed by atoms with Gasteiger partial charge in [-0.1, -0.05) is 25.1 Å². The molecule has 1 amide bonds. The largest absolute Gasteiger partial charge is 0.478 e. The van der Waals surface area contributed by atoms with Gasteiger partial charge in [0.1, 0.15) is 11.6 Å². The van der Waals surface area contributed by atoms with E-state index in [0.29, 0.717) is 12.0 Å². The third kappa shape index (κ3) is 4.86. The van der Waals surface area contributed by atoms with Crippen molar-refractivity contribution in [3.05, 3.63) is 70.8 Å². The SMILES string of the molecule is CCC(NC(=O)CCc1ccccc1C(=O)O)c1cc(F)ccc1F. The van der Waals surface area contributed by atoms with Gasteiger partial charge in [-0.15, -0.1) is 0 Å². The Morgan fingerprint density at radius 2 is 1.88 bits per heavy atom. The van der Waals surface area contributed by atoms with Gasteiger partial charge < -0.3 is 10.4 Å². The number of carboxylic acids is 1. The standard InChI is InChI=1S/C19H19F2NO3/c1-2-17(15-11-13(20)8-9-16(15)21)22-18(23)10-7-12-5-3-4-6-14(12)19(24)25/h3-6,8-9,11,17H,2,7,10H2,1H3,(H,22,23)(H,24,25). The lowest BCUT2D eigenvalue weighted by Crippen LogP contribution is -2.29.